The molecule has 2 unspecified atom stereocenters. The summed E-state index contributed by atoms with van der Waals surface area (Å²) < 4.78 is 6.19. The second-order valence-electron chi connectivity index (χ2n) is 4.64. The zero-order valence-electron chi connectivity index (χ0n) is 11.3. The fourth-order valence-corrected chi connectivity index (χ4v) is 7.83. The van der Waals surface area contributed by atoms with Crippen LogP contribution in [0.25, 0.3) is 0 Å². The van der Waals surface area contributed by atoms with Gasteiger partial charge in [0.2, 0.25) is 0 Å². The molecule has 0 aromatic rings. The van der Waals surface area contributed by atoms with E-state index < -0.39 is 18.1 Å². The van der Waals surface area contributed by atoms with Crippen LogP contribution >= 0.6 is 0 Å². The average Bonchev–Trinajstić information content (AvgIpc) is 2.25. The summed E-state index contributed by atoms with van der Waals surface area (Å²) in [6.07, 6.45) is 5.06. The molecular weight excluding hydrogens is 232 g/mol. The first-order valence-corrected chi connectivity index (χ1v) is 11.6. The Balaban J connectivity index is 3.35. The molecule has 0 radical (unpaired) electrons. The van der Waals surface area contributed by atoms with Gasteiger partial charge in [0.25, 0.3) is 0 Å². The maximum atomic E-state index is 6.19. The fourth-order valence-electron chi connectivity index (χ4n) is 1.84. The summed E-state index contributed by atoms with van der Waals surface area (Å²) in [6.45, 7) is 6.67. The van der Waals surface area contributed by atoms with Crippen LogP contribution in [0.15, 0.2) is 0 Å². The average molecular weight is 263 g/mol. The molecule has 5 heteroatoms. The standard InChI is InChI=1S/C11H30N2OSi2/c1-13-9-5-7-11-16(3)14-15(2)10-6-4-8-12/h13,15-16H,4-12H2,1-3H3. The number of nitrogens with one attached hydrogen (secondary N) is 1. The van der Waals surface area contributed by atoms with Gasteiger partial charge in [0.05, 0.1) is 0 Å². The first-order chi connectivity index (χ1) is 7.70. The van der Waals surface area contributed by atoms with Crippen LogP contribution in [0.1, 0.15) is 25.7 Å². The molecule has 3 nitrogen and oxygen atoms in total. The number of unbranched alkanes of at least 4 members (excludes halogenated alkanes) is 2. The van der Waals surface area contributed by atoms with Crippen molar-refractivity contribution in [2.24, 2.45) is 5.73 Å². The lowest BCUT2D eigenvalue weighted by Gasteiger charge is -2.17. The Morgan fingerprint density at radius 1 is 1.00 bits per heavy atom. The van der Waals surface area contributed by atoms with Crippen molar-refractivity contribution in [1.29, 1.82) is 0 Å². The van der Waals surface area contributed by atoms with E-state index in [4.69, 9.17) is 9.85 Å². The Morgan fingerprint density at radius 2 is 1.56 bits per heavy atom. The molecule has 0 amide bonds. The molecule has 0 heterocycles. The molecule has 0 aromatic heterocycles. The summed E-state index contributed by atoms with van der Waals surface area (Å²) in [7, 11) is 0.306. The van der Waals surface area contributed by atoms with Crippen molar-refractivity contribution < 1.29 is 4.12 Å². The summed E-state index contributed by atoms with van der Waals surface area (Å²) in [5.74, 6) is 0. The quantitative estimate of drug-likeness (QED) is 0.438. The van der Waals surface area contributed by atoms with E-state index in [1.54, 1.807) is 0 Å². The number of hydrogen-bond acceptors (Lipinski definition) is 3. The van der Waals surface area contributed by atoms with Gasteiger partial charge in [0.15, 0.2) is 18.1 Å². The lowest BCUT2D eigenvalue weighted by Crippen LogP contribution is -2.24. The van der Waals surface area contributed by atoms with Crippen LogP contribution in [-0.2, 0) is 4.12 Å². The molecule has 0 saturated carbocycles. The summed E-state index contributed by atoms with van der Waals surface area (Å²) in [5.41, 5.74) is 5.49. The molecule has 98 valence electrons. The van der Waals surface area contributed by atoms with Gasteiger partial charge < -0.3 is 15.2 Å². The molecular formula is C11H30N2OSi2. The van der Waals surface area contributed by atoms with Crippen molar-refractivity contribution in [2.75, 3.05) is 20.1 Å². The normalized spacial score (nSPS) is 15.0. The van der Waals surface area contributed by atoms with Crippen molar-refractivity contribution in [3.8, 4) is 0 Å². The maximum absolute atomic E-state index is 6.19. The number of rotatable bonds is 11. The smallest absolute Gasteiger partial charge is 0.159 e. The molecule has 16 heavy (non-hydrogen) atoms. The zero-order valence-corrected chi connectivity index (χ0v) is 13.6. The van der Waals surface area contributed by atoms with Crippen LogP contribution in [0.5, 0.6) is 0 Å². The van der Waals surface area contributed by atoms with Crippen molar-refractivity contribution in [3.05, 3.63) is 0 Å². The highest BCUT2D eigenvalue weighted by atomic mass is 28.4. The minimum atomic E-state index is -0.860. The van der Waals surface area contributed by atoms with Crippen molar-refractivity contribution in [1.82, 2.24) is 5.32 Å². The highest BCUT2D eigenvalue weighted by molar-refractivity contribution is 6.64. The minimum absolute atomic E-state index is 0.831. The molecule has 0 spiro atoms. The predicted octanol–water partition coefficient (Wildman–Crippen LogP) is 1.45. The lowest BCUT2D eigenvalue weighted by molar-refractivity contribution is 0.572. The Kier molecular flexibility index (Phi) is 12.0. The van der Waals surface area contributed by atoms with Gasteiger partial charge in [0, 0.05) is 0 Å². The third kappa shape index (κ3) is 10.8. The Hall–Kier alpha value is 0.314. The van der Waals surface area contributed by atoms with Gasteiger partial charge in [0.1, 0.15) is 0 Å². The maximum Gasteiger partial charge on any atom is 0.159 e. The Labute approximate surface area is 105 Å². The van der Waals surface area contributed by atoms with E-state index in [1.807, 2.05) is 7.05 Å². The van der Waals surface area contributed by atoms with Crippen LogP contribution < -0.4 is 11.1 Å². The van der Waals surface area contributed by atoms with E-state index in [0.717, 1.165) is 13.1 Å². The third-order valence-corrected chi connectivity index (χ3v) is 8.98. The monoisotopic (exact) mass is 262 g/mol. The van der Waals surface area contributed by atoms with Crippen LogP contribution in [0.4, 0.5) is 0 Å². The Bertz CT molecular complexity index is 150. The highest BCUT2D eigenvalue weighted by Gasteiger charge is 2.10. The van der Waals surface area contributed by atoms with E-state index in [9.17, 15) is 0 Å². The molecule has 0 aliphatic heterocycles. The predicted molar refractivity (Wildman–Crippen MR) is 78.2 cm³/mol. The van der Waals surface area contributed by atoms with Crippen LogP contribution in [0.2, 0.25) is 25.2 Å². The van der Waals surface area contributed by atoms with E-state index in [1.165, 1.54) is 37.8 Å². The van der Waals surface area contributed by atoms with Crippen LogP contribution in [0, 0.1) is 0 Å². The van der Waals surface area contributed by atoms with Crippen molar-refractivity contribution >= 4 is 18.1 Å². The minimum Gasteiger partial charge on any atom is -0.460 e. The molecule has 0 rings (SSSR count). The van der Waals surface area contributed by atoms with Crippen molar-refractivity contribution in [3.63, 3.8) is 0 Å². The van der Waals surface area contributed by atoms with Gasteiger partial charge in [-0.2, -0.15) is 0 Å². The van der Waals surface area contributed by atoms with Gasteiger partial charge in [-0.3, -0.25) is 0 Å². The van der Waals surface area contributed by atoms with Crippen LogP contribution in [-0.4, -0.2) is 38.2 Å². The highest BCUT2D eigenvalue weighted by Crippen LogP contribution is 2.08. The first-order valence-electron chi connectivity index (χ1n) is 6.70. The van der Waals surface area contributed by atoms with E-state index >= 15 is 0 Å². The van der Waals surface area contributed by atoms with Crippen LogP contribution in [0.3, 0.4) is 0 Å². The summed E-state index contributed by atoms with van der Waals surface area (Å²) in [5, 5.41) is 3.19. The third-order valence-electron chi connectivity index (χ3n) is 2.82. The molecule has 3 N–H and O–H groups in total. The van der Waals surface area contributed by atoms with E-state index in [0.29, 0.717) is 0 Å². The largest absolute Gasteiger partial charge is 0.460 e. The SMILES string of the molecule is CNCCCC[SiH](C)O[SiH](C)CCCCN. The lowest BCUT2D eigenvalue weighted by atomic mass is 10.3. The first kappa shape index (κ1) is 16.3. The number of hydrogen-bond donors (Lipinski definition) is 2. The fraction of sp³-hybridized carbons (Fsp3) is 1.00. The van der Waals surface area contributed by atoms with Gasteiger partial charge in [-0.25, -0.2) is 0 Å². The van der Waals surface area contributed by atoms with Crippen molar-refractivity contribution in [2.45, 2.75) is 50.9 Å². The summed E-state index contributed by atoms with van der Waals surface area (Å²) in [4.78, 5) is 0. The van der Waals surface area contributed by atoms with E-state index in [2.05, 4.69) is 18.4 Å². The molecule has 0 aromatic carbocycles. The molecule has 0 fully saturated rings. The molecule has 2 atom stereocenters. The van der Waals surface area contributed by atoms with Gasteiger partial charge in [-0.05, 0) is 58.2 Å². The molecule has 0 bridgehead atoms. The summed E-state index contributed by atoms with van der Waals surface area (Å²) >= 11 is 0. The number of nitrogens with two attached hydrogens (primary N) is 1. The Morgan fingerprint density at radius 3 is 2.06 bits per heavy atom. The molecule has 0 aliphatic rings. The van der Waals surface area contributed by atoms with Gasteiger partial charge in [-0.15, -0.1) is 0 Å². The second kappa shape index (κ2) is 11.8. The van der Waals surface area contributed by atoms with Gasteiger partial charge >= 0.3 is 0 Å². The topological polar surface area (TPSA) is 47.3 Å². The second-order valence-corrected chi connectivity index (χ2v) is 10.1. The molecule has 0 saturated heterocycles. The van der Waals surface area contributed by atoms with E-state index in [-0.39, 0.29) is 0 Å². The van der Waals surface area contributed by atoms with Gasteiger partial charge in [-0.1, -0.05) is 12.8 Å². The zero-order chi connectivity index (χ0) is 12.2. The summed E-state index contributed by atoms with van der Waals surface area (Å²) in [6, 6.07) is 2.65. The molecule has 0 aliphatic carbocycles.